The normalized spacial score (nSPS) is 8.86. The number of halogens is 1. The van der Waals surface area contributed by atoms with Crippen molar-refractivity contribution >= 4 is 30.0 Å². The van der Waals surface area contributed by atoms with Crippen molar-refractivity contribution in [3.63, 3.8) is 0 Å². The lowest BCUT2D eigenvalue weighted by atomic mass is 10.3. The van der Waals surface area contributed by atoms with E-state index in [0.29, 0.717) is 12.2 Å². The first-order chi connectivity index (χ1) is 3.31. The van der Waals surface area contributed by atoms with Crippen LogP contribution in [0.4, 0.5) is 0 Å². The number of alkyl halides is 1. The third-order valence-corrected chi connectivity index (χ3v) is 1.06. The van der Waals surface area contributed by atoms with Crippen LogP contribution in [0.5, 0.6) is 0 Å². The molecule has 0 unspecified atom stereocenters. The average Bonchev–Trinajstić information content (AvgIpc) is 1.68. The van der Waals surface area contributed by atoms with Crippen LogP contribution in [0.3, 0.4) is 0 Å². The third kappa shape index (κ3) is 4.16. The zero-order chi connectivity index (χ0) is 5.70. The first-order valence-electron chi connectivity index (χ1n) is 1.99. The maximum Gasteiger partial charge on any atom is 0.148 e. The van der Waals surface area contributed by atoms with E-state index in [2.05, 4.69) is 12.6 Å². The summed E-state index contributed by atoms with van der Waals surface area (Å²) in [6, 6.07) is 0. The topological polar surface area (TPSA) is 17.1 Å². The van der Waals surface area contributed by atoms with Crippen LogP contribution in [0.15, 0.2) is 0 Å². The number of Topliss-reactive ketones (excluding diaryl/α,β-unsaturated/α-hetero) is 1. The molecule has 0 aliphatic carbocycles. The van der Waals surface area contributed by atoms with E-state index in [1.807, 2.05) is 0 Å². The number of hydrogen-bond donors (Lipinski definition) is 1. The minimum Gasteiger partial charge on any atom is -0.298 e. The number of carbonyl (C=O) groups is 1. The number of rotatable bonds is 3. The Morgan fingerprint density at radius 3 is 2.43 bits per heavy atom. The quantitative estimate of drug-likeness (QED) is 0.457. The fraction of sp³-hybridized carbons (Fsp3) is 0.750. The molecule has 0 spiro atoms. The first-order valence-corrected chi connectivity index (χ1v) is 3.16. The standard InChI is InChI=1S/C4H7ClOS/c5-3-4(6)1-2-7/h7H,1-3H2. The number of carbonyl (C=O) groups excluding carboxylic acids is 1. The van der Waals surface area contributed by atoms with E-state index >= 15 is 0 Å². The number of ketones is 1. The summed E-state index contributed by atoms with van der Waals surface area (Å²) >= 11 is 8.98. The number of hydrogen-bond acceptors (Lipinski definition) is 2. The molecular formula is C4H7ClOS. The van der Waals surface area contributed by atoms with Crippen molar-refractivity contribution in [2.45, 2.75) is 6.42 Å². The first kappa shape index (κ1) is 7.31. The summed E-state index contributed by atoms with van der Waals surface area (Å²) in [6.45, 7) is 0. The fourth-order valence-corrected chi connectivity index (χ4v) is 0.575. The molecule has 0 aliphatic rings. The molecule has 0 N–H and O–H groups in total. The van der Waals surface area contributed by atoms with Crippen LogP contribution in [-0.4, -0.2) is 17.4 Å². The van der Waals surface area contributed by atoms with E-state index in [0.717, 1.165) is 0 Å². The Hall–Kier alpha value is 0.310. The van der Waals surface area contributed by atoms with Crippen LogP contribution < -0.4 is 0 Å². The highest BCUT2D eigenvalue weighted by atomic mass is 35.5. The largest absolute Gasteiger partial charge is 0.298 e. The van der Waals surface area contributed by atoms with Crippen LogP contribution in [-0.2, 0) is 4.79 Å². The van der Waals surface area contributed by atoms with Gasteiger partial charge < -0.3 is 0 Å². The summed E-state index contributed by atoms with van der Waals surface area (Å²) in [5.41, 5.74) is 0. The van der Waals surface area contributed by atoms with E-state index < -0.39 is 0 Å². The Kier molecular flexibility index (Phi) is 4.67. The summed E-state index contributed by atoms with van der Waals surface area (Å²) < 4.78 is 0. The lowest BCUT2D eigenvalue weighted by molar-refractivity contribution is -0.116. The molecule has 3 heteroatoms. The van der Waals surface area contributed by atoms with Gasteiger partial charge >= 0.3 is 0 Å². The van der Waals surface area contributed by atoms with Gasteiger partial charge in [0.1, 0.15) is 5.78 Å². The van der Waals surface area contributed by atoms with Crippen LogP contribution in [0, 0.1) is 0 Å². The van der Waals surface area contributed by atoms with Gasteiger partial charge in [0.15, 0.2) is 0 Å². The highest BCUT2D eigenvalue weighted by molar-refractivity contribution is 7.80. The second kappa shape index (κ2) is 4.47. The molecule has 0 bridgehead atoms. The van der Waals surface area contributed by atoms with Gasteiger partial charge in [0.05, 0.1) is 5.88 Å². The van der Waals surface area contributed by atoms with Crippen LogP contribution in [0.2, 0.25) is 0 Å². The van der Waals surface area contributed by atoms with E-state index in [1.165, 1.54) is 0 Å². The minimum atomic E-state index is 0.0664. The molecule has 0 aromatic carbocycles. The molecule has 42 valence electrons. The molecule has 0 saturated heterocycles. The molecule has 0 aromatic heterocycles. The van der Waals surface area contributed by atoms with Crippen molar-refractivity contribution in [1.82, 2.24) is 0 Å². The van der Waals surface area contributed by atoms with Gasteiger partial charge in [0, 0.05) is 6.42 Å². The van der Waals surface area contributed by atoms with Gasteiger partial charge in [0.2, 0.25) is 0 Å². The van der Waals surface area contributed by atoms with Crippen LogP contribution >= 0.6 is 24.2 Å². The Morgan fingerprint density at radius 2 is 2.29 bits per heavy atom. The van der Waals surface area contributed by atoms with Crippen molar-refractivity contribution in [2.75, 3.05) is 11.6 Å². The average molecular weight is 139 g/mol. The molecule has 0 aliphatic heterocycles. The molecule has 0 saturated carbocycles. The number of thiol groups is 1. The van der Waals surface area contributed by atoms with Crippen molar-refractivity contribution < 1.29 is 4.79 Å². The predicted octanol–water partition coefficient (Wildman–Crippen LogP) is 1.11. The van der Waals surface area contributed by atoms with Gasteiger partial charge in [0.25, 0.3) is 0 Å². The lowest BCUT2D eigenvalue weighted by Crippen LogP contribution is -1.98. The molecule has 0 amide bonds. The lowest BCUT2D eigenvalue weighted by Gasteiger charge is -1.85. The maximum absolute atomic E-state index is 10.2. The van der Waals surface area contributed by atoms with Crippen molar-refractivity contribution in [2.24, 2.45) is 0 Å². The van der Waals surface area contributed by atoms with Gasteiger partial charge in [-0.3, -0.25) is 4.79 Å². The molecule has 0 fully saturated rings. The zero-order valence-corrected chi connectivity index (χ0v) is 5.51. The zero-order valence-electron chi connectivity index (χ0n) is 3.85. The van der Waals surface area contributed by atoms with Crippen molar-refractivity contribution in [3.8, 4) is 0 Å². The Balaban J connectivity index is 3.00. The van der Waals surface area contributed by atoms with Gasteiger partial charge in [-0.05, 0) is 5.75 Å². The van der Waals surface area contributed by atoms with Gasteiger partial charge in [-0.25, -0.2) is 0 Å². The van der Waals surface area contributed by atoms with E-state index in [9.17, 15) is 4.79 Å². The Labute approximate surface area is 53.5 Å². The summed E-state index contributed by atoms with van der Waals surface area (Å²) in [5.74, 6) is 0.795. The summed E-state index contributed by atoms with van der Waals surface area (Å²) in [5, 5.41) is 0. The van der Waals surface area contributed by atoms with Crippen molar-refractivity contribution in [1.29, 1.82) is 0 Å². The molecule has 0 atom stereocenters. The monoisotopic (exact) mass is 138 g/mol. The van der Waals surface area contributed by atoms with Crippen LogP contribution in [0.25, 0.3) is 0 Å². The van der Waals surface area contributed by atoms with E-state index in [1.54, 1.807) is 0 Å². The maximum atomic E-state index is 10.2. The van der Waals surface area contributed by atoms with E-state index in [4.69, 9.17) is 11.6 Å². The second-order valence-electron chi connectivity index (χ2n) is 1.15. The second-order valence-corrected chi connectivity index (χ2v) is 1.86. The fourth-order valence-electron chi connectivity index (χ4n) is 0.192. The van der Waals surface area contributed by atoms with Gasteiger partial charge in [-0.1, -0.05) is 0 Å². The molecule has 0 heterocycles. The summed E-state index contributed by atoms with van der Waals surface area (Å²) in [4.78, 5) is 10.2. The Morgan fingerprint density at radius 1 is 1.71 bits per heavy atom. The third-order valence-electron chi connectivity index (χ3n) is 0.540. The van der Waals surface area contributed by atoms with Crippen molar-refractivity contribution in [3.05, 3.63) is 0 Å². The highest BCUT2D eigenvalue weighted by Gasteiger charge is 1.93. The van der Waals surface area contributed by atoms with E-state index in [-0.39, 0.29) is 11.7 Å². The molecule has 1 nitrogen and oxygen atoms in total. The predicted molar refractivity (Wildman–Crippen MR) is 34.2 cm³/mol. The molecular weight excluding hydrogens is 132 g/mol. The summed E-state index contributed by atoms with van der Waals surface area (Å²) in [7, 11) is 0. The molecule has 0 rings (SSSR count). The minimum absolute atomic E-state index is 0.0664. The highest BCUT2D eigenvalue weighted by Crippen LogP contribution is 1.87. The molecule has 0 aromatic rings. The molecule has 7 heavy (non-hydrogen) atoms. The smallest absolute Gasteiger partial charge is 0.148 e. The summed E-state index contributed by atoms with van der Waals surface area (Å²) in [6.07, 6.45) is 0.493. The van der Waals surface area contributed by atoms with Crippen LogP contribution in [0.1, 0.15) is 6.42 Å². The molecule has 0 radical (unpaired) electrons. The van der Waals surface area contributed by atoms with Gasteiger partial charge in [-0.2, -0.15) is 12.6 Å². The Bertz CT molecular complexity index is 64.7. The van der Waals surface area contributed by atoms with Gasteiger partial charge in [-0.15, -0.1) is 11.6 Å². The SMILES string of the molecule is O=C(CCl)CCS.